The second-order valence-electron chi connectivity index (χ2n) is 7.89. The molecule has 2 N–H and O–H groups in total. The van der Waals surface area contributed by atoms with Crippen LogP contribution in [0, 0.1) is 11.8 Å². The minimum absolute atomic E-state index is 0.121. The number of carbonyl (C=O) groups is 3. The molecule has 1 aromatic carbocycles. The number of hydrogen-bond donors (Lipinski definition) is 2. The number of rotatable bonds is 6. The van der Waals surface area contributed by atoms with Gasteiger partial charge in [0.15, 0.2) is 0 Å². The molecule has 0 radical (unpaired) electrons. The van der Waals surface area contributed by atoms with Crippen molar-refractivity contribution in [3.8, 4) is 0 Å². The van der Waals surface area contributed by atoms with Gasteiger partial charge in [-0.2, -0.15) is 0 Å². The average Bonchev–Trinajstić information content (AvgIpc) is 2.92. The Kier molecular flexibility index (Phi) is 6.14. The van der Waals surface area contributed by atoms with E-state index in [0.717, 1.165) is 23.3 Å². The topological polar surface area (TPSA) is 78.5 Å². The summed E-state index contributed by atoms with van der Waals surface area (Å²) < 4.78 is 0. The van der Waals surface area contributed by atoms with Crippen molar-refractivity contribution in [1.82, 2.24) is 15.5 Å². The number of hydrogen-bond acceptors (Lipinski definition) is 3. The van der Waals surface area contributed by atoms with Crippen LogP contribution in [0.3, 0.4) is 0 Å². The summed E-state index contributed by atoms with van der Waals surface area (Å²) in [6.07, 6.45) is 4.47. The highest BCUT2D eigenvalue weighted by Gasteiger charge is 2.39. The standard InChI is InChI=1S/C21H29N3O3/c1-14-7-6-10-17(15(14)2)22-19(25)13-24-20(26)18(23-21(24)27)12-11-16-8-4-3-5-9-16/h3-5,8-9,14-15,17-18H,6-7,10-13H2,1-2H3,(H,22,25)(H,23,27). The third-order valence-electron chi connectivity index (χ3n) is 6.03. The molecular weight excluding hydrogens is 342 g/mol. The van der Waals surface area contributed by atoms with E-state index in [4.69, 9.17) is 0 Å². The molecule has 1 saturated carbocycles. The monoisotopic (exact) mass is 371 g/mol. The number of urea groups is 1. The minimum Gasteiger partial charge on any atom is -0.352 e. The molecular formula is C21H29N3O3. The second-order valence-corrected chi connectivity index (χ2v) is 7.89. The van der Waals surface area contributed by atoms with Gasteiger partial charge in [0, 0.05) is 6.04 Å². The van der Waals surface area contributed by atoms with Crippen LogP contribution in [0.2, 0.25) is 0 Å². The molecule has 146 valence electrons. The summed E-state index contributed by atoms with van der Waals surface area (Å²) >= 11 is 0. The van der Waals surface area contributed by atoms with Gasteiger partial charge in [0.05, 0.1) is 0 Å². The molecule has 4 atom stereocenters. The van der Waals surface area contributed by atoms with Crippen LogP contribution in [0.5, 0.6) is 0 Å². The zero-order valence-electron chi connectivity index (χ0n) is 16.1. The number of benzene rings is 1. The number of nitrogens with zero attached hydrogens (tertiary/aromatic N) is 1. The van der Waals surface area contributed by atoms with Gasteiger partial charge in [-0.25, -0.2) is 4.79 Å². The number of aryl methyl sites for hydroxylation is 1. The molecule has 1 aliphatic carbocycles. The molecule has 2 aliphatic rings. The third kappa shape index (κ3) is 4.67. The maximum Gasteiger partial charge on any atom is 0.325 e. The molecule has 4 unspecified atom stereocenters. The molecule has 2 fully saturated rings. The van der Waals surface area contributed by atoms with Crippen molar-refractivity contribution in [2.75, 3.05) is 6.54 Å². The molecule has 0 aromatic heterocycles. The fourth-order valence-corrected chi connectivity index (χ4v) is 4.06. The van der Waals surface area contributed by atoms with E-state index in [1.54, 1.807) is 0 Å². The fourth-order valence-electron chi connectivity index (χ4n) is 4.06. The summed E-state index contributed by atoms with van der Waals surface area (Å²) in [6, 6.07) is 8.94. The van der Waals surface area contributed by atoms with E-state index in [1.807, 2.05) is 30.3 Å². The van der Waals surface area contributed by atoms with Crippen molar-refractivity contribution >= 4 is 17.8 Å². The van der Waals surface area contributed by atoms with Gasteiger partial charge < -0.3 is 10.6 Å². The van der Waals surface area contributed by atoms with E-state index >= 15 is 0 Å². The Bertz CT molecular complexity index is 691. The predicted molar refractivity (Wildman–Crippen MR) is 103 cm³/mol. The molecule has 27 heavy (non-hydrogen) atoms. The van der Waals surface area contributed by atoms with Crippen LogP contribution in [-0.4, -0.2) is 41.4 Å². The Labute approximate surface area is 160 Å². The molecule has 0 spiro atoms. The highest BCUT2D eigenvalue weighted by Crippen LogP contribution is 2.29. The smallest absolute Gasteiger partial charge is 0.325 e. The van der Waals surface area contributed by atoms with Crippen molar-refractivity contribution in [2.24, 2.45) is 11.8 Å². The number of carbonyl (C=O) groups excluding carboxylic acids is 3. The van der Waals surface area contributed by atoms with Crippen LogP contribution >= 0.6 is 0 Å². The van der Waals surface area contributed by atoms with Crippen LogP contribution < -0.4 is 10.6 Å². The van der Waals surface area contributed by atoms with Gasteiger partial charge in [-0.1, -0.05) is 57.0 Å². The molecule has 1 saturated heterocycles. The van der Waals surface area contributed by atoms with Gasteiger partial charge in [0.25, 0.3) is 5.91 Å². The summed E-state index contributed by atoms with van der Waals surface area (Å²) in [5, 5.41) is 5.73. The maximum absolute atomic E-state index is 12.5. The van der Waals surface area contributed by atoms with Gasteiger partial charge in [-0.05, 0) is 36.7 Å². The van der Waals surface area contributed by atoms with Crippen LogP contribution in [0.15, 0.2) is 30.3 Å². The highest BCUT2D eigenvalue weighted by atomic mass is 16.2. The second kappa shape index (κ2) is 8.55. The lowest BCUT2D eigenvalue weighted by Gasteiger charge is -2.34. The van der Waals surface area contributed by atoms with Crippen molar-refractivity contribution in [3.05, 3.63) is 35.9 Å². The van der Waals surface area contributed by atoms with E-state index in [0.29, 0.717) is 24.7 Å². The summed E-state index contributed by atoms with van der Waals surface area (Å²) in [5.41, 5.74) is 1.12. The Balaban J connectivity index is 1.51. The van der Waals surface area contributed by atoms with Crippen LogP contribution in [-0.2, 0) is 16.0 Å². The zero-order valence-corrected chi connectivity index (χ0v) is 16.1. The summed E-state index contributed by atoms with van der Waals surface area (Å²) in [4.78, 5) is 38.2. The van der Waals surface area contributed by atoms with E-state index < -0.39 is 12.1 Å². The number of amides is 4. The predicted octanol–water partition coefficient (Wildman–Crippen LogP) is 2.48. The van der Waals surface area contributed by atoms with E-state index in [9.17, 15) is 14.4 Å². The van der Waals surface area contributed by atoms with Crippen molar-refractivity contribution in [3.63, 3.8) is 0 Å². The van der Waals surface area contributed by atoms with E-state index in [1.165, 1.54) is 6.42 Å². The molecule has 1 aromatic rings. The molecule has 6 nitrogen and oxygen atoms in total. The lowest BCUT2D eigenvalue weighted by atomic mass is 9.78. The lowest BCUT2D eigenvalue weighted by molar-refractivity contribution is -0.132. The first-order valence-electron chi connectivity index (χ1n) is 9.91. The number of imide groups is 1. The Morgan fingerprint density at radius 2 is 1.93 bits per heavy atom. The minimum atomic E-state index is -0.556. The Morgan fingerprint density at radius 1 is 1.19 bits per heavy atom. The SMILES string of the molecule is CC1CCCC(NC(=O)CN2C(=O)NC(CCc3ccccc3)C2=O)C1C. The fraction of sp³-hybridized carbons (Fsp3) is 0.571. The normalized spacial score (nSPS) is 28.1. The van der Waals surface area contributed by atoms with Crippen LogP contribution in [0.1, 0.15) is 45.1 Å². The van der Waals surface area contributed by atoms with Gasteiger partial charge >= 0.3 is 6.03 Å². The molecule has 4 amide bonds. The highest BCUT2D eigenvalue weighted by molar-refractivity contribution is 6.06. The molecule has 1 heterocycles. The van der Waals surface area contributed by atoms with Gasteiger partial charge in [-0.3, -0.25) is 14.5 Å². The molecule has 0 bridgehead atoms. The quantitative estimate of drug-likeness (QED) is 0.754. The first-order chi connectivity index (χ1) is 13.0. The Hall–Kier alpha value is -2.37. The molecule has 3 rings (SSSR count). The average molecular weight is 371 g/mol. The van der Waals surface area contributed by atoms with Crippen LogP contribution in [0.4, 0.5) is 4.79 Å². The van der Waals surface area contributed by atoms with Gasteiger partial charge in [0.2, 0.25) is 5.91 Å². The van der Waals surface area contributed by atoms with Crippen molar-refractivity contribution < 1.29 is 14.4 Å². The Morgan fingerprint density at radius 3 is 2.67 bits per heavy atom. The summed E-state index contributed by atoms with van der Waals surface area (Å²) in [5.74, 6) is 0.414. The first-order valence-corrected chi connectivity index (χ1v) is 9.91. The van der Waals surface area contributed by atoms with Gasteiger partial charge in [-0.15, -0.1) is 0 Å². The third-order valence-corrected chi connectivity index (χ3v) is 6.03. The number of nitrogens with one attached hydrogen (secondary N) is 2. The van der Waals surface area contributed by atoms with Crippen molar-refractivity contribution in [2.45, 2.75) is 58.0 Å². The van der Waals surface area contributed by atoms with Crippen molar-refractivity contribution in [1.29, 1.82) is 0 Å². The summed E-state index contributed by atoms with van der Waals surface area (Å²) in [7, 11) is 0. The van der Waals surface area contributed by atoms with Gasteiger partial charge in [0.1, 0.15) is 12.6 Å². The maximum atomic E-state index is 12.5. The molecule has 6 heteroatoms. The first kappa shape index (κ1) is 19.4. The zero-order chi connectivity index (χ0) is 19.4. The lowest BCUT2D eigenvalue weighted by Crippen LogP contribution is -2.48. The van der Waals surface area contributed by atoms with E-state index in [2.05, 4.69) is 24.5 Å². The van der Waals surface area contributed by atoms with E-state index in [-0.39, 0.29) is 24.4 Å². The molecule has 1 aliphatic heterocycles. The summed E-state index contributed by atoms with van der Waals surface area (Å²) in [6.45, 7) is 4.16. The van der Waals surface area contributed by atoms with Crippen LogP contribution in [0.25, 0.3) is 0 Å². The largest absolute Gasteiger partial charge is 0.352 e.